The molecule has 0 unspecified atom stereocenters. The Hall–Kier alpha value is -2.33. The average Bonchev–Trinajstić information content (AvgIpc) is 2.84. The zero-order valence-electron chi connectivity index (χ0n) is 11.4. The molecule has 0 bridgehead atoms. The van der Waals surface area contributed by atoms with Gasteiger partial charge in [-0.25, -0.2) is 0 Å². The Kier molecular flexibility index (Phi) is 3.62. The summed E-state index contributed by atoms with van der Waals surface area (Å²) in [6, 6.07) is 12.7. The largest absolute Gasteiger partial charge is 0.356 e. The van der Waals surface area contributed by atoms with Crippen molar-refractivity contribution in [3.63, 3.8) is 0 Å². The standard InChI is InChI=1S/C16H13ClN2O2/c1-10-2-7-15-13(8-10)14(19-21-15)9-16(20)18-12-5-3-11(17)4-6-12/h2-8H,9H2,1H3,(H,18,20). The van der Waals surface area contributed by atoms with Gasteiger partial charge in [-0.15, -0.1) is 0 Å². The van der Waals surface area contributed by atoms with Crippen molar-refractivity contribution in [3.8, 4) is 0 Å². The van der Waals surface area contributed by atoms with E-state index in [9.17, 15) is 4.79 Å². The van der Waals surface area contributed by atoms with Gasteiger partial charge in [-0.05, 0) is 43.3 Å². The maximum Gasteiger partial charge on any atom is 0.230 e. The Morgan fingerprint density at radius 1 is 1.24 bits per heavy atom. The molecule has 0 atom stereocenters. The van der Waals surface area contributed by atoms with E-state index in [4.69, 9.17) is 16.1 Å². The van der Waals surface area contributed by atoms with Gasteiger partial charge in [0.15, 0.2) is 5.58 Å². The number of anilines is 1. The molecule has 0 saturated carbocycles. The number of fused-ring (bicyclic) bond motifs is 1. The maximum absolute atomic E-state index is 12.1. The lowest BCUT2D eigenvalue weighted by atomic mass is 10.1. The van der Waals surface area contributed by atoms with E-state index in [-0.39, 0.29) is 12.3 Å². The number of aromatic nitrogens is 1. The van der Waals surface area contributed by atoms with E-state index in [1.54, 1.807) is 24.3 Å². The van der Waals surface area contributed by atoms with Crippen LogP contribution in [0.4, 0.5) is 5.69 Å². The van der Waals surface area contributed by atoms with Gasteiger partial charge in [0.1, 0.15) is 5.69 Å². The first-order chi connectivity index (χ1) is 10.1. The Bertz CT molecular complexity index is 794. The molecule has 5 heteroatoms. The molecule has 3 aromatic rings. The minimum Gasteiger partial charge on any atom is -0.356 e. The predicted molar refractivity (Wildman–Crippen MR) is 82.5 cm³/mol. The fourth-order valence-corrected chi connectivity index (χ4v) is 2.25. The number of nitrogens with zero attached hydrogens (tertiary/aromatic N) is 1. The van der Waals surface area contributed by atoms with Gasteiger partial charge in [-0.2, -0.15) is 0 Å². The van der Waals surface area contributed by atoms with Gasteiger partial charge in [0.05, 0.1) is 6.42 Å². The van der Waals surface area contributed by atoms with Crippen molar-refractivity contribution in [2.75, 3.05) is 5.32 Å². The number of benzene rings is 2. The quantitative estimate of drug-likeness (QED) is 0.796. The molecule has 0 aliphatic carbocycles. The maximum atomic E-state index is 12.1. The third-order valence-electron chi connectivity index (χ3n) is 3.16. The Balaban J connectivity index is 1.77. The van der Waals surface area contributed by atoms with Gasteiger partial charge in [0.2, 0.25) is 5.91 Å². The van der Waals surface area contributed by atoms with Crippen LogP contribution < -0.4 is 5.32 Å². The summed E-state index contributed by atoms with van der Waals surface area (Å²) in [7, 11) is 0. The molecule has 0 spiro atoms. The number of nitrogens with one attached hydrogen (secondary N) is 1. The Labute approximate surface area is 126 Å². The second kappa shape index (κ2) is 5.58. The zero-order valence-corrected chi connectivity index (χ0v) is 12.1. The lowest BCUT2D eigenvalue weighted by molar-refractivity contribution is -0.115. The van der Waals surface area contributed by atoms with Crippen molar-refractivity contribution >= 4 is 34.2 Å². The van der Waals surface area contributed by atoms with Crippen molar-refractivity contribution in [2.45, 2.75) is 13.3 Å². The lowest BCUT2D eigenvalue weighted by Crippen LogP contribution is -2.14. The SMILES string of the molecule is Cc1ccc2onc(CC(=O)Nc3ccc(Cl)cc3)c2c1. The monoisotopic (exact) mass is 300 g/mol. The summed E-state index contributed by atoms with van der Waals surface area (Å²) in [6.07, 6.45) is 0.166. The van der Waals surface area contributed by atoms with Crippen LogP contribution in [-0.2, 0) is 11.2 Å². The minimum atomic E-state index is -0.144. The second-order valence-corrected chi connectivity index (χ2v) is 5.30. The Morgan fingerprint density at radius 2 is 2.00 bits per heavy atom. The van der Waals surface area contributed by atoms with E-state index >= 15 is 0 Å². The normalized spacial score (nSPS) is 10.8. The van der Waals surface area contributed by atoms with Crippen LogP contribution >= 0.6 is 11.6 Å². The number of rotatable bonds is 3. The number of halogens is 1. The van der Waals surface area contributed by atoms with E-state index in [1.165, 1.54) is 0 Å². The fraction of sp³-hybridized carbons (Fsp3) is 0.125. The van der Waals surface area contributed by atoms with Gasteiger partial charge in [0.25, 0.3) is 0 Å². The highest BCUT2D eigenvalue weighted by Gasteiger charge is 2.12. The van der Waals surface area contributed by atoms with Gasteiger partial charge in [-0.1, -0.05) is 28.4 Å². The first-order valence-corrected chi connectivity index (χ1v) is 6.90. The number of aryl methyl sites for hydroxylation is 1. The molecule has 1 amide bonds. The minimum absolute atomic E-state index is 0.144. The highest BCUT2D eigenvalue weighted by Crippen LogP contribution is 2.21. The van der Waals surface area contributed by atoms with Crippen molar-refractivity contribution in [2.24, 2.45) is 0 Å². The molecule has 4 nitrogen and oxygen atoms in total. The smallest absolute Gasteiger partial charge is 0.230 e. The van der Waals surface area contributed by atoms with Gasteiger partial charge < -0.3 is 9.84 Å². The summed E-state index contributed by atoms with van der Waals surface area (Å²) in [6.45, 7) is 1.99. The summed E-state index contributed by atoms with van der Waals surface area (Å²) in [4.78, 5) is 12.1. The average molecular weight is 301 g/mol. The molecule has 21 heavy (non-hydrogen) atoms. The summed E-state index contributed by atoms with van der Waals surface area (Å²) >= 11 is 5.81. The van der Waals surface area contributed by atoms with Crippen LogP contribution in [0.25, 0.3) is 11.0 Å². The summed E-state index contributed by atoms with van der Waals surface area (Å²) in [5.74, 6) is -0.144. The van der Waals surface area contributed by atoms with Crippen LogP contribution in [0.3, 0.4) is 0 Å². The summed E-state index contributed by atoms with van der Waals surface area (Å²) in [5.41, 5.74) is 3.13. The zero-order chi connectivity index (χ0) is 14.8. The van der Waals surface area contributed by atoms with Crippen LogP contribution in [0.2, 0.25) is 5.02 Å². The molecule has 0 fully saturated rings. The van der Waals surface area contributed by atoms with Gasteiger partial charge in [0, 0.05) is 16.1 Å². The number of hydrogen-bond acceptors (Lipinski definition) is 3. The molecule has 0 aliphatic heterocycles. The number of amides is 1. The van der Waals surface area contributed by atoms with Crippen molar-refractivity contribution in [1.82, 2.24) is 5.16 Å². The van der Waals surface area contributed by atoms with E-state index in [0.717, 1.165) is 10.9 Å². The van der Waals surface area contributed by atoms with E-state index < -0.39 is 0 Å². The summed E-state index contributed by atoms with van der Waals surface area (Å²) in [5, 5.41) is 8.29. The van der Waals surface area contributed by atoms with Gasteiger partial charge >= 0.3 is 0 Å². The van der Waals surface area contributed by atoms with Crippen LogP contribution in [0.15, 0.2) is 47.0 Å². The number of carbonyl (C=O) groups excluding carboxylic acids is 1. The highest BCUT2D eigenvalue weighted by molar-refractivity contribution is 6.30. The van der Waals surface area contributed by atoms with Crippen LogP contribution in [0.5, 0.6) is 0 Å². The highest BCUT2D eigenvalue weighted by atomic mass is 35.5. The second-order valence-electron chi connectivity index (χ2n) is 4.86. The van der Waals surface area contributed by atoms with Crippen LogP contribution in [0, 0.1) is 6.92 Å². The first-order valence-electron chi connectivity index (χ1n) is 6.52. The van der Waals surface area contributed by atoms with Crippen molar-refractivity contribution < 1.29 is 9.32 Å². The van der Waals surface area contributed by atoms with Crippen molar-refractivity contribution in [3.05, 3.63) is 58.7 Å². The van der Waals surface area contributed by atoms with Gasteiger partial charge in [-0.3, -0.25) is 4.79 Å². The molecular formula is C16H13ClN2O2. The molecule has 3 rings (SSSR count). The molecule has 2 aromatic carbocycles. The summed E-state index contributed by atoms with van der Waals surface area (Å²) < 4.78 is 5.22. The fourth-order valence-electron chi connectivity index (χ4n) is 2.12. The number of hydrogen-bond donors (Lipinski definition) is 1. The van der Waals surface area contributed by atoms with Crippen LogP contribution in [-0.4, -0.2) is 11.1 Å². The molecule has 0 aliphatic rings. The third-order valence-corrected chi connectivity index (χ3v) is 3.41. The van der Waals surface area contributed by atoms with E-state index in [1.807, 2.05) is 25.1 Å². The lowest BCUT2D eigenvalue weighted by Gasteiger charge is -2.04. The molecule has 1 N–H and O–H groups in total. The van der Waals surface area contributed by atoms with Crippen molar-refractivity contribution in [1.29, 1.82) is 0 Å². The molecule has 0 saturated heterocycles. The third kappa shape index (κ3) is 3.06. The predicted octanol–water partition coefficient (Wildman–Crippen LogP) is 3.97. The van der Waals surface area contributed by atoms with E-state index in [2.05, 4.69) is 10.5 Å². The first kappa shape index (κ1) is 13.6. The number of carbonyl (C=O) groups is 1. The van der Waals surface area contributed by atoms with Crippen LogP contribution in [0.1, 0.15) is 11.3 Å². The molecule has 1 heterocycles. The molecule has 106 valence electrons. The Morgan fingerprint density at radius 3 is 2.76 bits per heavy atom. The molecule has 0 radical (unpaired) electrons. The topological polar surface area (TPSA) is 55.1 Å². The molecule has 1 aromatic heterocycles. The molecular weight excluding hydrogens is 288 g/mol. The van der Waals surface area contributed by atoms with E-state index in [0.29, 0.717) is 22.0 Å².